The second-order valence-electron chi connectivity index (χ2n) is 10.1. The van der Waals surface area contributed by atoms with E-state index in [9.17, 15) is 4.79 Å². The van der Waals surface area contributed by atoms with Crippen LogP contribution in [0.2, 0.25) is 0 Å². The lowest BCUT2D eigenvalue weighted by molar-refractivity contribution is -0.0806. The Morgan fingerprint density at radius 1 is 0.964 bits per heavy atom. The van der Waals surface area contributed by atoms with Gasteiger partial charge in [0.05, 0.1) is 0 Å². The van der Waals surface area contributed by atoms with Crippen molar-refractivity contribution < 1.29 is 4.79 Å². The topological polar surface area (TPSA) is 20.3 Å². The molecule has 2 aromatic rings. The number of rotatable bonds is 4. The minimum atomic E-state index is 0.167. The fourth-order valence-corrected chi connectivity index (χ4v) is 7.26. The van der Waals surface area contributed by atoms with E-state index in [1.807, 2.05) is 42.3 Å². The lowest BCUT2D eigenvalue weighted by Gasteiger charge is -2.63. The van der Waals surface area contributed by atoms with Crippen LogP contribution in [0.1, 0.15) is 60.0 Å². The zero-order chi connectivity index (χ0) is 19.4. The average Bonchev–Trinajstić information content (AvgIpc) is 2.67. The number of benzene rings is 2. The molecular weight excluding hydrogens is 342 g/mol. The van der Waals surface area contributed by atoms with Crippen LogP contribution in [0.4, 0.5) is 0 Å². The summed E-state index contributed by atoms with van der Waals surface area (Å²) in [4.78, 5) is 15.0. The van der Waals surface area contributed by atoms with Gasteiger partial charge in [-0.2, -0.15) is 0 Å². The van der Waals surface area contributed by atoms with Gasteiger partial charge in [-0.1, -0.05) is 48.0 Å². The molecule has 6 rings (SSSR count). The Bertz CT molecular complexity index is 855. The van der Waals surface area contributed by atoms with Crippen molar-refractivity contribution in [3.63, 3.8) is 0 Å². The number of carbonyl (C=O) groups excluding carboxylic acids is 1. The molecule has 146 valence electrons. The Morgan fingerprint density at radius 3 is 2.25 bits per heavy atom. The van der Waals surface area contributed by atoms with E-state index < -0.39 is 0 Å². The standard InChI is InChI=1S/C26H31NO/c1-19-8-10-23(11-9-19)26-15-20-12-21(16-26)14-25(13-20,17-26)18-27(2)24(28)22-6-4-3-5-7-22/h3-11,20-21H,12-18H2,1-2H3/t20-,21-,25?,26?/m1/s1. The van der Waals surface area contributed by atoms with Crippen LogP contribution in [0.25, 0.3) is 0 Å². The maximum absolute atomic E-state index is 13.0. The number of hydrogen-bond acceptors (Lipinski definition) is 1. The minimum absolute atomic E-state index is 0.167. The molecule has 0 heterocycles. The second-order valence-corrected chi connectivity index (χ2v) is 10.1. The zero-order valence-corrected chi connectivity index (χ0v) is 17.2. The van der Waals surface area contributed by atoms with Gasteiger partial charge in [0.1, 0.15) is 0 Å². The molecule has 2 nitrogen and oxygen atoms in total. The molecule has 2 heteroatoms. The molecule has 2 atom stereocenters. The van der Waals surface area contributed by atoms with Crippen LogP contribution < -0.4 is 0 Å². The fraction of sp³-hybridized carbons (Fsp3) is 0.500. The molecule has 4 saturated carbocycles. The summed E-state index contributed by atoms with van der Waals surface area (Å²) in [6.07, 6.45) is 7.98. The van der Waals surface area contributed by atoms with Crippen molar-refractivity contribution in [1.82, 2.24) is 4.90 Å². The molecule has 28 heavy (non-hydrogen) atoms. The van der Waals surface area contributed by atoms with E-state index in [0.29, 0.717) is 10.8 Å². The summed E-state index contributed by atoms with van der Waals surface area (Å²) in [6, 6.07) is 19.1. The van der Waals surface area contributed by atoms with E-state index in [-0.39, 0.29) is 5.91 Å². The van der Waals surface area contributed by atoms with E-state index in [0.717, 1.165) is 23.9 Å². The van der Waals surface area contributed by atoms with Crippen molar-refractivity contribution in [2.45, 2.75) is 50.9 Å². The van der Waals surface area contributed by atoms with Crippen LogP contribution in [0.3, 0.4) is 0 Å². The first kappa shape index (κ1) is 18.0. The van der Waals surface area contributed by atoms with Crippen molar-refractivity contribution in [3.05, 3.63) is 71.3 Å². The maximum Gasteiger partial charge on any atom is 0.253 e. The van der Waals surface area contributed by atoms with E-state index in [2.05, 4.69) is 31.2 Å². The number of aryl methyl sites for hydroxylation is 1. The Labute approximate surface area is 169 Å². The smallest absolute Gasteiger partial charge is 0.253 e. The lowest BCUT2D eigenvalue weighted by atomic mass is 9.43. The molecule has 4 aliphatic rings. The number of carbonyl (C=O) groups is 1. The Kier molecular flexibility index (Phi) is 4.15. The third-order valence-electron chi connectivity index (χ3n) is 7.79. The normalized spacial score (nSPS) is 33.1. The van der Waals surface area contributed by atoms with Crippen LogP contribution in [0.15, 0.2) is 54.6 Å². The van der Waals surface area contributed by atoms with Gasteiger partial charge in [-0.3, -0.25) is 4.79 Å². The van der Waals surface area contributed by atoms with Crippen LogP contribution in [-0.2, 0) is 5.41 Å². The van der Waals surface area contributed by atoms with E-state index in [4.69, 9.17) is 0 Å². The van der Waals surface area contributed by atoms with Crippen molar-refractivity contribution >= 4 is 5.91 Å². The number of amides is 1. The first-order chi connectivity index (χ1) is 13.5. The van der Waals surface area contributed by atoms with E-state index in [1.165, 1.54) is 44.1 Å². The van der Waals surface area contributed by atoms with Gasteiger partial charge in [-0.25, -0.2) is 0 Å². The summed E-state index contributed by atoms with van der Waals surface area (Å²) < 4.78 is 0. The minimum Gasteiger partial charge on any atom is -0.341 e. The molecular formula is C26H31NO. The lowest BCUT2D eigenvalue weighted by Crippen LogP contribution is -2.57. The number of hydrogen-bond donors (Lipinski definition) is 0. The molecule has 0 N–H and O–H groups in total. The van der Waals surface area contributed by atoms with E-state index in [1.54, 1.807) is 5.56 Å². The quantitative estimate of drug-likeness (QED) is 0.682. The summed E-state index contributed by atoms with van der Waals surface area (Å²) in [5.41, 5.74) is 4.34. The Hall–Kier alpha value is -2.09. The van der Waals surface area contributed by atoms with Gasteiger partial charge in [0.15, 0.2) is 0 Å². The molecule has 0 unspecified atom stereocenters. The van der Waals surface area contributed by atoms with Gasteiger partial charge in [0, 0.05) is 19.2 Å². The molecule has 2 aromatic carbocycles. The van der Waals surface area contributed by atoms with Crippen LogP contribution in [0, 0.1) is 24.2 Å². The predicted molar refractivity (Wildman–Crippen MR) is 113 cm³/mol. The van der Waals surface area contributed by atoms with Crippen molar-refractivity contribution in [2.75, 3.05) is 13.6 Å². The first-order valence-electron chi connectivity index (χ1n) is 10.8. The third kappa shape index (κ3) is 2.98. The highest BCUT2D eigenvalue weighted by Crippen LogP contribution is 2.65. The molecule has 4 aliphatic carbocycles. The molecule has 0 spiro atoms. The highest BCUT2D eigenvalue weighted by Gasteiger charge is 2.58. The second kappa shape index (κ2) is 6.47. The highest BCUT2D eigenvalue weighted by molar-refractivity contribution is 5.94. The number of nitrogens with zero attached hydrogens (tertiary/aromatic N) is 1. The van der Waals surface area contributed by atoms with Crippen LogP contribution in [-0.4, -0.2) is 24.4 Å². The largest absolute Gasteiger partial charge is 0.341 e. The Balaban J connectivity index is 1.42. The SMILES string of the molecule is Cc1ccc(C23C[C@@H]4C[C@H](CC(CN(C)C(=O)c5ccccc5)(C4)C2)C3)cc1. The first-order valence-corrected chi connectivity index (χ1v) is 10.8. The monoisotopic (exact) mass is 373 g/mol. The summed E-state index contributed by atoms with van der Waals surface area (Å²) in [5.74, 6) is 1.84. The van der Waals surface area contributed by atoms with Crippen LogP contribution in [0.5, 0.6) is 0 Å². The summed E-state index contributed by atoms with van der Waals surface area (Å²) in [7, 11) is 2.01. The fourth-order valence-electron chi connectivity index (χ4n) is 7.26. The van der Waals surface area contributed by atoms with Gasteiger partial charge in [0.25, 0.3) is 5.91 Å². The Morgan fingerprint density at radius 2 is 1.61 bits per heavy atom. The molecule has 0 saturated heterocycles. The van der Waals surface area contributed by atoms with Crippen molar-refractivity contribution in [2.24, 2.45) is 17.3 Å². The zero-order valence-electron chi connectivity index (χ0n) is 17.2. The van der Waals surface area contributed by atoms with Gasteiger partial charge < -0.3 is 4.90 Å². The van der Waals surface area contributed by atoms with Gasteiger partial charge in [-0.05, 0) is 85.8 Å². The van der Waals surface area contributed by atoms with Crippen LogP contribution >= 0.6 is 0 Å². The summed E-state index contributed by atoms with van der Waals surface area (Å²) >= 11 is 0. The summed E-state index contributed by atoms with van der Waals surface area (Å²) in [5, 5.41) is 0. The highest BCUT2D eigenvalue weighted by atomic mass is 16.2. The van der Waals surface area contributed by atoms with Gasteiger partial charge >= 0.3 is 0 Å². The van der Waals surface area contributed by atoms with E-state index >= 15 is 0 Å². The molecule has 1 amide bonds. The predicted octanol–water partition coefficient (Wildman–Crippen LogP) is 5.61. The third-order valence-corrected chi connectivity index (χ3v) is 7.79. The molecule has 4 bridgehead atoms. The molecule has 0 aliphatic heterocycles. The average molecular weight is 374 g/mol. The molecule has 0 aromatic heterocycles. The molecule has 0 radical (unpaired) electrons. The maximum atomic E-state index is 13.0. The summed E-state index contributed by atoms with van der Waals surface area (Å²) in [6.45, 7) is 3.08. The van der Waals surface area contributed by atoms with Gasteiger partial charge in [0.2, 0.25) is 0 Å². The van der Waals surface area contributed by atoms with Crippen molar-refractivity contribution in [3.8, 4) is 0 Å². The van der Waals surface area contributed by atoms with Crippen molar-refractivity contribution in [1.29, 1.82) is 0 Å². The molecule has 4 fully saturated rings. The van der Waals surface area contributed by atoms with Gasteiger partial charge in [-0.15, -0.1) is 0 Å².